The molecule has 1 amide bonds. The Hall–Kier alpha value is -3.61. The molecule has 4 rings (SSSR count). The van der Waals surface area contributed by atoms with Crippen LogP contribution in [-0.4, -0.2) is 15.9 Å². The van der Waals surface area contributed by atoms with Gasteiger partial charge in [-0.25, -0.2) is 0 Å². The van der Waals surface area contributed by atoms with Crippen LogP contribution in [0.15, 0.2) is 54.6 Å². The van der Waals surface area contributed by atoms with Gasteiger partial charge in [-0.3, -0.25) is 4.79 Å². The Bertz CT molecular complexity index is 974. The van der Waals surface area contributed by atoms with E-state index in [1.54, 1.807) is 0 Å². The van der Waals surface area contributed by atoms with E-state index in [4.69, 9.17) is 16.2 Å². The molecule has 1 unspecified atom stereocenters. The summed E-state index contributed by atoms with van der Waals surface area (Å²) in [7, 11) is 0. The molecular formula is C20H19N5O2. The minimum Gasteiger partial charge on any atom is -0.489 e. The third-order valence-corrected chi connectivity index (χ3v) is 4.52. The highest BCUT2D eigenvalue weighted by Crippen LogP contribution is 2.39. The van der Waals surface area contributed by atoms with Gasteiger partial charge in [-0.2, -0.15) is 9.97 Å². The lowest BCUT2D eigenvalue weighted by Crippen LogP contribution is -2.26. The molecule has 1 aliphatic rings. The lowest BCUT2D eigenvalue weighted by atomic mass is 9.86. The molecule has 0 aliphatic carbocycles. The third-order valence-electron chi connectivity index (χ3n) is 4.52. The van der Waals surface area contributed by atoms with E-state index >= 15 is 0 Å². The standard InChI is InChI=1S/C20H19N5O2/c21-18-17-15(10-16(26)23-19(17)25-20(22)24-18)13-6-8-14(9-7-13)27-11-12-4-2-1-3-5-12/h1-9,15H,10-11H2,(H5,21,22,23,24,25,26). The molecule has 3 aromatic rings. The first-order valence-electron chi connectivity index (χ1n) is 8.59. The number of anilines is 3. The molecule has 2 aromatic carbocycles. The van der Waals surface area contributed by atoms with Crippen LogP contribution in [0.1, 0.15) is 29.0 Å². The average molecular weight is 361 g/mol. The molecular weight excluding hydrogens is 342 g/mol. The average Bonchev–Trinajstić information content (AvgIpc) is 2.66. The Morgan fingerprint density at radius 3 is 2.52 bits per heavy atom. The molecule has 1 aromatic heterocycles. The SMILES string of the molecule is Nc1nc(N)c2c(n1)NC(=O)CC2c1ccc(OCc2ccccc2)cc1. The minimum atomic E-state index is -0.225. The van der Waals surface area contributed by atoms with Crippen molar-refractivity contribution in [2.75, 3.05) is 16.8 Å². The predicted molar refractivity (Wildman–Crippen MR) is 103 cm³/mol. The van der Waals surface area contributed by atoms with Crippen molar-refractivity contribution in [3.63, 3.8) is 0 Å². The fourth-order valence-electron chi connectivity index (χ4n) is 3.24. The number of nitrogens with zero attached hydrogens (tertiary/aromatic N) is 2. The van der Waals surface area contributed by atoms with E-state index in [0.717, 1.165) is 16.9 Å². The van der Waals surface area contributed by atoms with Crippen LogP contribution in [0.3, 0.4) is 0 Å². The van der Waals surface area contributed by atoms with Crippen LogP contribution in [0.2, 0.25) is 0 Å². The minimum absolute atomic E-state index is 0.0388. The number of benzene rings is 2. The monoisotopic (exact) mass is 361 g/mol. The molecule has 27 heavy (non-hydrogen) atoms. The van der Waals surface area contributed by atoms with Crippen LogP contribution >= 0.6 is 0 Å². The number of nitrogen functional groups attached to an aromatic ring is 2. The molecule has 7 heteroatoms. The number of nitrogens with one attached hydrogen (secondary N) is 1. The molecule has 7 nitrogen and oxygen atoms in total. The van der Waals surface area contributed by atoms with Crippen molar-refractivity contribution in [3.05, 3.63) is 71.3 Å². The zero-order valence-electron chi connectivity index (χ0n) is 14.6. The maximum atomic E-state index is 12.1. The van der Waals surface area contributed by atoms with Gasteiger partial charge < -0.3 is 21.5 Å². The van der Waals surface area contributed by atoms with E-state index in [-0.39, 0.29) is 30.0 Å². The number of amides is 1. The Morgan fingerprint density at radius 1 is 1.04 bits per heavy atom. The summed E-state index contributed by atoms with van der Waals surface area (Å²) in [4.78, 5) is 20.2. The van der Waals surface area contributed by atoms with E-state index < -0.39 is 0 Å². The summed E-state index contributed by atoms with van der Waals surface area (Å²) in [5.41, 5.74) is 14.4. The fraction of sp³-hybridized carbons (Fsp3) is 0.150. The topological polar surface area (TPSA) is 116 Å². The van der Waals surface area contributed by atoms with Crippen molar-refractivity contribution >= 4 is 23.5 Å². The lowest BCUT2D eigenvalue weighted by molar-refractivity contribution is -0.116. The van der Waals surface area contributed by atoms with Gasteiger partial charge >= 0.3 is 0 Å². The summed E-state index contributed by atoms with van der Waals surface area (Å²) < 4.78 is 5.82. The number of ether oxygens (including phenoxy) is 1. The maximum Gasteiger partial charge on any atom is 0.226 e. The molecule has 0 spiro atoms. The van der Waals surface area contributed by atoms with Crippen molar-refractivity contribution < 1.29 is 9.53 Å². The van der Waals surface area contributed by atoms with Gasteiger partial charge in [0.2, 0.25) is 11.9 Å². The highest BCUT2D eigenvalue weighted by atomic mass is 16.5. The van der Waals surface area contributed by atoms with Gasteiger partial charge in [-0.15, -0.1) is 0 Å². The van der Waals surface area contributed by atoms with Crippen LogP contribution in [0.25, 0.3) is 0 Å². The Kier molecular flexibility index (Phi) is 4.33. The molecule has 2 heterocycles. The van der Waals surface area contributed by atoms with Crippen LogP contribution in [-0.2, 0) is 11.4 Å². The first-order valence-corrected chi connectivity index (χ1v) is 8.59. The molecule has 1 aliphatic heterocycles. The number of carbonyl (C=O) groups is 1. The van der Waals surface area contributed by atoms with E-state index in [0.29, 0.717) is 18.0 Å². The highest BCUT2D eigenvalue weighted by Gasteiger charge is 2.30. The van der Waals surface area contributed by atoms with E-state index in [1.807, 2.05) is 54.6 Å². The quantitative estimate of drug-likeness (QED) is 0.658. The number of hydrogen-bond donors (Lipinski definition) is 3. The molecule has 1 atom stereocenters. The number of nitrogens with two attached hydrogens (primary N) is 2. The first-order chi connectivity index (χ1) is 13.1. The van der Waals surface area contributed by atoms with Gasteiger partial charge in [-0.1, -0.05) is 42.5 Å². The fourth-order valence-corrected chi connectivity index (χ4v) is 3.24. The lowest BCUT2D eigenvalue weighted by Gasteiger charge is -2.26. The van der Waals surface area contributed by atoms with Crippen LogP contribution in [0.4, 0.5) is 17.6 Å². The number of aromatic nitrogens is 2. The zero-order valence-corrected chi connectivity index (χ0v) is 14.6. The highest BCUT2D eigenvalue weighted by molar-refractivity contribution is 5.95. The molecule has 0 bridgehead atoms. The van der Waals surface area contributed by atoms with Crippen LogP contribution in [0.5, 0.6) is 5.75 Å². The van der Waals surface area contributed by atoms with Crippen molar-refractivity contribution in [2.45, 2.75) is 18.9 Å². The van der Waals surface area contributed by atoms with E-state index in [9.17, 15) is 4.79 Å². The smallest absolute Gasteiger partial charge is 0.226 e. The maximum absolute atomic E-state index is 12.1. The second kappa shape index (κ2) is 6.95. The van der Waals surface area contributed by atoms with Crippen molar-refractivity contribution in [1.29, 1.82) is 0 Å². The van der Waals surface area contributed by atoms with Gasteiger partial charge in [0.1, 0.15) is 24.0 Å². The Labute approximate surface area is 156 Å². The molecule has 0 saturated heterocycles. The van der Waals surface area contributed by atoms with Crippen LogP contribution in [0, 0.1) is 0 Å². The number of fused-ring (bicyclic) bond motifs is 1. The largest absolute Gasteiger partial charge is 0.489 e. The summed E-state index contributed by atoms with van der Waals surface area (Å²) in [5.74, 6) is 1.10. The molecule has 136 valence electrons. The summed E-state index contributed by atoms with van der Waals surface area (Å²) in [6.07, 6.45) is 0.273. The van der Waals surface area contributed by atoms with Crippen LogP contribution < -0.4 is 21.5 Å². The van der Waals surface area contributed by atoms with Crippen molar-refractivity contribution in [2.24, 2.45) is 0 Å². The summed E-state index contributed by atoms with van der Waals surface area (Å²) >= 11 is 0. The Balaban J connectivity index is 1.57. The van der Waals surface area contributed by atoms with Gasteiger partial charge in [0.05, 0.1) is 0 Å². The number of hydrogen-bond acceptors (Lipinski definition) is 6. The molecule has 0 fully saturated rings. The summed E-state index contributed by atoms with van der Waals surface area (Å²) in [6.45, 7) is 0.495. The van der Waals surface area contributed by atoms with E-state index in [2.05, 4.69) is 15.3 Å². The summed E-state index contributed by atoms with van der Waals surface area (Å²) in [5, 5.41) is 2.72. The Morgan fingerprint density at radius 2 is 1.78 bits per heavy atom. The zero-order chi connectivity index (χ0) is 18.8. The molecule has 0 radical (unpaired) electrons. The van der Waals surface area contributed by atoms with Gasteiger partial charge in [0.25, 0.3) is 0 Å². The van der Waals surface area contributed by atoms with Crippen molar-refractivity contribution in [3.8, 4) is 5.75 Å². The predicted octanol–water partition coefficient (Wildman–Crippen LogP) is 2.69. The third kappa shape index (κ3) is 3.52. The normalized spacial score (nSPS) is 15.7. The summed E-state index contributed by atoms with van der Waals surface area (Å²) in [6, 6.07) is 17.6. The van der Waals surface area contributed by atoms with E-state index in [1.165, 1.54) is 0 Å². The van der Waals surface area contributed by atoms with Gasteiger partial charge in [0.15, 0.2) is 0 Å². The number of rotatable bonds is 4. The second-order valence-corrected chi connectivity index (χ2v) is 6.38. The molecule has 0 saturated carbocycles. The van der Waals surface area contributed by atoms with Gasteiger partial charge in [-0.05, 0) is 23.3 Å². The van der Waals surface area contributed by atoms with Crippen molar-refractivity contribution in [1.82, 2.24) is 9.97 Å². The molecule has 5 N–H and O–H groups in total. The number of carbonyl (C=O) groups excluding carboxylic acids is 1. The second-order valence-electron chi connectivity index (χ2n) is 6.38. The van der Waals surface area contributed by atoms with Gasteiger partial charge in [0, 0.05) is 17.9 Å². The first kappa shape index (κ1) is 16.8.